The molecule has 0 bridgehead atoms. The minimum absolute atomic E-state index is 0.0440. The Kier molecular flexibility index (Phi) is 4.90. The van der Waals surface area contributed by atoms with E-state index in [1.54, 1.807) is 13.4 Å². The number of benzene rings is 1. The van der Waals surface area contributed by atoms with E-state index in [9.17, 15) is 9.18 Å². The van der Waals surface area contributed by atoms with E-state index in [0.717, 1.165) is 28.1 Å². The van der Waals surface area contributed by atoms with Crippen LogP contribution in [0.1, 0.15) is 24.6 Å². The average Bonchev–Trinajstić information content (AvgIpc) is 3.20. The van der Waals surface area contributed by atoms with Gasteiger partial charge in [-0.2, -0.15) is 0 Å². The third-order valence-corrected chi connectivity index (χ3v) is 6.10. The molecule has 6 nitrogen and oxygen atoms in total. The molecule has 1 saturated carbocycles. The van der Waals surface area contributed by atoms with Crippen molar-refractivity contribution in [1.29, 1.82) is 0 Å². The number of carbonyl (C=O) groups is 1. The Morgan fingerprint density at radius 3 is 2.67 bits per heavy atom. The Morgan fingerprint density at radius 2 is 1.93 bits per heavy atom. The lowest BCUT2D eigenvalue weighted by atomic mass is 9.82. The Bertz CT molecular complexity index is 1060. The summed E-state index contributed by atoms with van der Waals surface area (Å²) in [4.78, 5) is 19.0. The number of hydrogen-bond donors (Lipinski definition) is 0. The normalized spacial score (nSPS) is 23.9. The monoisotopic (exact) mass is 409 g/mol. The molecular weight excluding hydrogens is 385 g/mol. The van der Waals surface area contributed by atoms with Crippen molar-refractivity contribution in [2.45, 2.75) is 25.1 Å². The molecule has 0 N–H and O–H groups in total. The number of amides is 1. The van der Waals surface area contributed by atoms with Crippen LogP contribution < -0.4 is 4.74 Å². The molecule has 2 fully saturated rings. The molecule has 1 aromatic carbocycles. The minimum Gasteiger partial charge on any atom is -0.497 e. The molecular formula is C23H24FN3O3. The second-order valence-electron chi connectivity index (χ2n) is 7.98. The van der Waals surface area contributed by atoms with E-state index in [1.807, 2.05) is 45.8 Å². The molecule has 156 valence electrons. The van der Waals surface area contributed by atoms with Crippen LogP contribution in [0.3, 0.4) is 0 Å². The first-order chi connectivity index (χ1) is 14.6. The SMILES string of the molecule is COc1ccc(-c2ccc3c([C@@H]4CN(C(=O)C5CC(F)C5)CCO4)ncn3c2)cc1. The fraction of sp³-hybridized carbons (Fsp3) is 0.391. The first-order valence-corrected chi connectivity index (χ1v) is 10.3. The summed E-state index contributed by atoms with van der Waals surface area (Å²) in [6.45, 7) is 1.47. The third-order valence-electron chi connectivity index (χ3n) is 6.10. The molecule has 0 unspecified atom stereocenters. The van der Waals surface area contributed by atoms with E-state index in [1.165, 1.54) is 0 Å². The number of ether oxygens (including phenoxy) is 2. The molecule has 30 heavy (non-hydrogen) atoms. The molecule has 3 aromatic rings. The molecule has 1 atom stereocenters. The third kappa shape index (κ3) is 3.43. The van der Waals surface area contributed by atoms with Gasteiger partial charge in [0.05, 0.1) is 37.8 Å². The van der Waals surface area contributed by atoms with Crippen molar-refractivity contribution < 1.29 is 18.7 Å². The molecule has 5 rings (SSSR count). The number of nitrogens with zero attached hydrogens (tertiary/aromatic N) is 3. The van der Waals surface area contributed by atoms with Gasteiger partial charge in [0.2, 0.25) is 5.91 Å². The second kappa shape index (κ2) is 7.72. The molecule has 3 heterocycles. The molecule has 1 saturated heterocycles. The zero-order valence-corrected chi connectivity index (χ0v) is 16.8. The summed E-state index contributed by atoms with van der Waals surface area (Å²) < 4.78 is 26.3. The zero-order chi connectivity index (χ0) is 20.7. The van der Waals surface area contributed by atoms with Crippen molar-refractivity contribution in [1.82, 2.24) is 14.3 Å². The van der Waals surface area contributed by atoms with Crippen molar-refractivity contribution in [2.24, 2.45) is 5.92 Å². The second-order valence-corrected chi connectivity index (χ2v) is 7.98. The molecule has 0 radical (unpaired) electrons. The summed E-state index contributed by atoms with van der Waals surface area (Å²) in [5, 5.41) is 0. The van der Waals surface area contributed by atoms with Crippen LogP contribution in [0.4, 0.5) is 4.39 Å². The summed E-state index contributed by atoms with van der Waals surface area (Å²) in [7, 11) is 1.65. The number of rotatable bonds is 4. The van der Waals surface area contributed by atoms with E-state index in [0.29, 0.717) is 32.5 Å². The van der Waals surface area contributed by atoms with E-state index in [2.05, 4.69) is 11.1 Å². The fourth-order valence-corrected chi connectivity index (χ4v) is 4.25. The number of pyridine rings is 1. The summed E-state index contributed by atoms with van der Waals surface area (Å²) in [6, 6.07) is 12.0. The van der Waals surface area contributed by atoms with Crippen LogP contribution in [0, 0.1) is 5.92 Å². The summed E-state index contributed by atoms with van der Waals surface area (Å²) in [5.74, 6) is 0.689. The summed E-state index contributed by atoms with van der Waals surface area (Å²) in [5.41, 5.74) is 3.94. The lowest BCUT2D eigenvalue weighted by Crippen LogP contribution is -2.48. The first kappa shape index (κ1) is 19.1. The predicted molar refractivity (Wildman–Crippen MR) is 110 cm³/mol. The van der Waals surface area contributed by atoms with Crippen molar-refractivity contribution in [3.05, 3.63) is 54.6 Å². The first-order valence-electron chi connectivity index (χ1n) is 10.3. The van der Waals surface area contributed by atoms with Crippen LogP contribution in [0.2, 0.25) is 0 Å². The van der Waals surface area contributed by atoms with Gasteiger partial charge in [0.1, 0.15) is 18.0 Å². The quantitative estimate of drug-likeness (QED) is 0.660. The molecule has 1 aliphatic heterocycles. The number of imidazole rings is 1. The van der Waals surface area contributed by atoms with Crippen LogP contribution in [-0.2, 0) is 9.53 Å². The van der Waals surface area contributed by atoms with Gasteiger partial charge in [-0.25, -0.2) is 9.37 Å². The van der Waals surface area contributed by atoms with Gasteiger partial charge >= 0.3 is 0 Å². The zero-order valence-electron chi connectivity index (χ0n) is 16.8. The standard InChI is InChI=1S/C23H24FN3O3/c1-29-19-5-2-15(3-6-19)16-4-7-20-22(25-14-27(20)12-16)21-13-26(8-9-30-21)23(28)17-10-18(24)11-17/h2-7,12,14,17-18,21H,8-11,13H2,1H3/t17?,18?,21-/m0/s1. The van der Waals surface area contributed by atoms with Gasteiger partial charge in [-0.3, -0.25) is 4.79 Å². The summed E-state index contributed by atoms with van der Waals surface area (Å²) >= 11 is 0. The van der Waals surface area contributed by atoms with Gasteiger partial charge in [0.15, 0.2) is 0 Å². The molecule has 2 aromatic heterocycles. The van der Waals surface area contributed by atoms with Gasteiger partial charge in [0.25, 0.3) is 0 Å². The van der Waals surface area contributed by atoms with Gasteiger partial charge < -0.3 is 18.8 Å². The number of methoxy groups -OCH3 is 1. The van der Waals surface area contributed by atoms with Crippen molar-refractivity contribution in [2.75, 3.05) is 26.8 Å². The van der Waals surface area contributed by atoms with Crippen LogP contribution >= 0.6 is 0 Å². The Labute approximate surface area is 174 Å². The smallest absolute Gasteiger partial charge is 0.226 e. The highest BCUT2D eigenvalue weighted by Gasteiger charge is 2.39. The van der Waals surface area contributed by atoms with Crippen LogP contribution in [0.25, 0.3) is 16.6 Å². The van der Waals surface area contributed by atoms with E-state index in [4.69, 9.17) is 9.47 Å². The number of morpholine rings is 1. The fourth-order valence-electron chi connectivity index (χ4n) is 4.25. The van der Waals surface area contributed by atoms with Gasteiger partial charge in [-0.15, -0.1) is 0 Å². The van der Waals surface area contributed by atoms with Gasteiger partial charge in [-0.05, 0) is 42.2 Å². The van der Waals surface area contributed by atoms with Crippen LogP contribution in [0.5, 0.6) is 5.75 Å². The maximum Gasteiger partial charge on any atom is 0.226 e. The maximum absolute atomic E-state index is 13.1. The highest BCUT2D eigenvalue weighted by atomic mass is 19.1. The number of carbonyl (C=O) groups excluding carboxylic acids is 1. The molecule has 7 heteroatoms. The van der Waals surface area contributed by atoms with Crippen LogP contribution in [-0.4, -0.2) is 53.2 Å². The van der Waals surface area contributed by atoms with Gasteiger partial charge in [-0.1, -0.05) is 18.2 Å². The van der Waals surface area contributed by atoms with Gasteiger partial charge in [0, 0.05) is 18.7 Å². The van der Waals surface area contributed by atoms with Crippen molar-refractivity contribution in [3.63, 3.8) is 0 Å². The lowest BCUT2D eigenvalue weighted by Gasteiger charge is -2.38. The van der Waals surface area contributed by atoms with E-state index in [-0.39, 0.29) is 17.9 Å². The topological polar surface area (TPSA) is 56.1 Å². The number of aromatic nitrogens is 2. The maximum atomic E-state index is 13.1. The summed E-state index contributed by atoms with van der Waals surface area (Å²) in [6.07, 6.45) is 3.41. The average molecular weight is 409 g/mol. The highest BCUT2D eigenvalue weighted by Crippen LogP contribution is 2.34. The number of hydrogen-bond acceptors (Lipinski definition) is 4. The molecule has 1 amide bonds. The van der Waals surface area contributed by atoms with Crippen molar-refractivity contribution >= 4 is 11.4 Å². The Hall–Kier alpha value is -2.93. The van der Waals surface area contributed by atoms with Crippen molar-refractivity contribution in [3.8, 4) is 16.9 Å². The highest BCUT2D eigenvalue weighted by molar-refractivity contribution is 5.80. The van der Waals surface area contributed by atoms with Crippen LogP contribution in [0.15, 0.2) is 48.9 Å². The number of fused-ring (bicyclic) bond motifs is 1. The van der Waals surface area contributed by atoms with E-state index >= 15 is 0 Å². The Balaban J connectivity index is 1.36. The predicted octanol–water partition coefficient (Wildman–Crippen LogP) is 3.66. The number of alkyl halides is 1. The lowest BCUT2D eigenvalue weighted by molar-refractivity contribution is -0.148. The number of halogens is 1. The Morgan fingerprint density at radius 1 is 1.17 bits per heavy atom. The molecule has 0 spiro atoms. The molecule has 2 aliphatic rings. The van der Waals surface area contributed by atoms with E-state index < -0.39 is 6.17 Å². The minimum atomic E-state index is -0.826. The molecule has 1 aliphatic carbocycles. The largest absolute Gasteiger partial charge is 0.497 e.